The third kappa shape index (κ3) is 3.60. The third-order valence-corrected chi connectivity index (χ3v) is 2.53. The first-order valence-corrected chi connectivity index (χ1v) is 4.88. The van der Waals surface area contributed by atoms with Crippen molar-refractivity contribution in [3.05, 3.63) is 18.6 Å². The largest absolute Gasteiger partial charge is 0.0885 e. The summed E-state index contributed by atoms with van der Waals surface area (Å²) in [7, 11) is 0. The SMILES string of the molecule is C[CH]C1CCC/C=C\CCC1. The summed E-state index contributed by atoms with van der Waals surface area (Å²) in [5, 5.41) is 0. The van der Waals surface area contributed by atoms with Crippen molar-refractivity contribution >= 4 is 0 Å². The van der Waals surface area contributed by atoms with Crippen molar-refractivity contribution in [3.63, 3.8) is 0 Å². The summed E-state index contributed by atoms with van der Waals surface area (Å²) in [5.41, 5.74) is 0. The maximum atomic E-state index is 2.38. The summed E-state index contributed by atoms with van der Waals surface area (Å²) in [5.74, 6) is 0.898. The highest BCUT2D eigenvalue weighted by Gasteiger charge is 2.05. The van der Waals surface area contributed by atoms with E-state index in [0.29, 0.717) is 0 Å². The normalized spacial score (nSPS) is 25.2. The molecule has 0 spiro atoms. The fourth-order valence-corrected chi connectivity index (χ4v) is 1.71. The predicted octanol–water partition coefficient (Wildman–Crippen LogP) is 3.74. The average molecular weight is 151 g/mol. The summed E-state index contributed by atoms with van der Waals surface area (Å²) in [6, 6.07) is 0. The van der Waals surface area contributed by atoms with E-state index in [1.54, 1.807) is 0 Å². The van der Waals surface area contributed by atoms with Crippen LogP contribution in [0.2, 0.25) is 0 Å². The molecule has 1 aliphatic carbocycles. The van der Waals surface area contributed by atoms with Gasteiger partial charge in [-0.3, -0.25) is 0 Å². The van der Waals surface area contributed by atoms with Gasteiger partial charge in [-0.1, -0.05) is 19.1 Å². The average Bonchev–Trinajstić information content (AvgIpc) is 2.16. The van der Waals surface area contributed by atoms with Crippen LogP contribution in [0.4, 0.5) is 0 Å². The van der Waals surface area contributed by atoms with Gasteiger partial charge < -0.3 is 0 Å². The molecule has 0 saturated heterocycles. The van der Waals surface area contributed by atoms with Crippen LogP contribution in [-0.4, -0.2) is 0 Å². The predicted molar refractivity (Wildman–Crippen MR) is 50.3 cm³/mol. The van der Waals surface area contributed by atoms with Gasteiger partial charge in [-0.2, -0.15) is 0 Å². The monoisotopic (exact) mass is 151 g/mol. The van der Waals surface area contributed by atoms with Crippen molar-refractivity contribution in [2.45, 2.75) is 45.4 Å². The van der Waals surface area contributed by atoms with Gasteiger partial charge in [-0.25, -0.2) is 0 Å². The Morgan fingerprint density at radius 2 is 1.64 bits per heavy atom. The second-order valence-electron chi connectivity index (χ2n) is 3.43. The molecule has 0 heteroatoms. The Morgan fingerprint density at radius 3 is 2.09 bits per heavy atom. The minimum Gasteiger partial charge on any atom is -0.0885 e. The molecule has 0 N–H and O–H groups in total. The molecule has 1 radical (unpaired) electrons. The Morgan fingerprint density at radius 1 is 1.09 bits per heavy atom. The zero-order valence-electron chi connectivity index (χ0n) is 7.55. The lowest BCUT2D eigenvalue weighted by molar-refractivity contribution is 0.486. The van der Waals surface area contributed by atoms with Gasteiger partial charge in [-0.05, 0) is 50.9 Å². The standard InChI is InChI=1S/C11H19/c1-2-11-9-7-5-3-4-6-8-10-11/h2-4,11H,5-10H2,1H3/b4-3-. The molecule has 0 aromatic rings. The molecule has 0 saturated carbocycles. The van der Waals surface area contributed by atoms with Gasteiger partial charge in [0.25, 0.3) is 0 Å². The molecule has 0 fully saturated rings. The molecule has 11 heavy (non-hydrogen) atoms. The lowest BCUT2D eigenvalue weighted by Gasteiger charge is -2.11. The van der Waals surface area contributed by atoms with Gasteiger partial charge >= 0.3 is 0 Å². The molecule has 0 amide bonds. The summed E-state index contributed by atoms with van der Waals surface area (Å²) >= 11 is 0. The fraction of sp³-hybridized carbons (Fsp3) is 0.727. The first-order chi connectivity index (χ1) is 5.43. The Bertz CT molecular complexity index is 101. The molecule has 0 nitrogen and oxygen atoms in total. The summed E-state index contributed by atoms with van der Waals surface area (Å²) in [4.78, 5) is 0. The molecule has 0 unspecified atom stereocenters. The topological polar surface area (TPSA) is 0 Å². The molecular weight excluding hydrogens is 132 g/mol. The smallest absolute Gasteiger partial charge is 0.0351 e. The van der Waals surface area contributed by atoms with Crippen LogP contribution in [0.3, 0.4) is 0 Å². The van der Waals surface area contributed by atoms with Gasteiger partial charge in [-0.15, -0.1) is 0 Å². The molecule has 0 aromatic heterocycles. The van der Waals surface area contributed by atoms with E-state index in [4.69, 9.17) is 0 Å². The maximum absolute atomic E-state index is 2.38. The van der Waals surface area contributed by atoms with Crippen molar-refractivity contribution < 1.29 is 0 Å². The molecule has 0 heterocycles. The maximum Gasteiger partial charge on any atom is -0.0351 e. The number of hydrogen-bond donors (Lipinski definition) is 0. The van der Waals surface area contributed by atoms with Crippen LogP contribution in [0.15, 0.2) is 12.2 Å². The minimum absolute atomic E-state index is 0.898. The van der Waals surface area contributed by atoms with Crippen LogP contribution in [0.1, 0.15) is 45.4 Å². The number of hydrogen-bond acceptors (Lipinski definition) is 0. The highest BCUT2D eigenvalue weighted by molar-refractivity contribution is 4.85. The van der Waals surface area contributed by atoms with E-state index in [0.717, 1.165) is 5.92 Å². The lowest BCUT2D eigenvalue weighted by Crippen LogP contribution is -1.98. The first-order valence-electron chi connectivity index (χ1n) is 4.88. The molecule has 0 bridgehead atoms. The van der Waals surface area contributed by atoms with Gasteiger partial charge in [0.1, 0.15) is 0 Å². The van der Waals surface area contributed by atoms with E-state index in [-0.39, 0.29) is 0 Å². The zero-order valence-corrected chi connectivity index (χ0v) is 7.55. The Labute approximate surface area is 70.7 Å². The van der Waals surface area contributed by atoms with E-state index < -0.39 is 0 Å². The van der Waals surface area contributed by atoms with Crippen molar-refractivity contribution in [1.29, 1.82) is 0 Å². The quantitative estimate of drug-likeness (QED) is 0.501. The second kappa shape index (κ2) is 5.40. The molecule has 63 valence electrons. The highest BCUT2D eigenvalue weighted by Crippen LogP contribution is 2.20. The van der Waals surface area contributed by atoms with Crippen molar-refractivity contribution in [1.82, 2.24) is 0 Å². The first kappa shape index (κ1) is 8.83. The zero-order chi connectivity index (χ0) is 7.94. The van der Waals surface area contributed by atoms with Crippen LogP contribution in [0.5, 0.6) is 0 Å². The van der Waals surface area contributed by atoms with Crippen LogP contribution < -0.4 is 0 Å². The van der Waals surface area contributed by atoms with Gasteiger partial charge in [0, 0.05) is 0 Å². The van der Waals surface area contributed by atoms with Crippen LogP contribution in [0, 0.1) is 12.3 Å². The van der Waals surface area contributed by atoms with E-state index in [1.165, 1.54) is 38.5 Å². The molecule has 0 aliphatic heterocycles. The number of allylic oxidation sites excluding steroid dienone is 2. The fourth-order valence-electron chi connectivity index (χ4n) is 1.71. The van der Waals surface area contributed by atoms with Crippen LogP contribution in [0.25, 0.3) is 0 Å². The number of rotatable bonds is 1. The second-order valence-corrected chi connectivity index (χ2v) is 3.43. The molecule has 0 atom stereocenters. The minimum atomic E-state index is 0.898. The van der Waals surface area contributed by atoms with Gasteiger partial charge in [0.15, 0.2) is 0 Å². The molecular formula is C11H19. The van der Waals surface area contributed by atoms with E-state index in [1.807, 2.05) is 0 Å². The summed E-state index contributed by atoms with van der Waals surface area (Å²) in [6.07, 6.45) is 15.2. The van der Waals surface area contributed by atoms with E-state index in [9.17, 15) is 0 Å². The van der Waals surface area contributed by atoms with Gasteiger partial charge in [0.05, 0.1) is 0 Å². The van der Waals surface area contributed by atoms with E-state index in [2.05, 4.69) is 25.5 Å². The third-order valence-electron chi connectivity index (χ3n) is 2.53. The van der Waals surface area contributed by atoms with Crippen LogP contribution >= 0.6 is 0 Å². The van der Waals surface area contributed by atoms with Crippen LogP contribution in [-0.2, 0) is 0 Å². The Balaban J connectivity index is 2.26. The Hall–Kier alpha value is -0.260. The molecule has 0 aromatic carbocycles. The van der Waals surface area contributed by atoms with Crippen molar-refractivity contribution in [2.24, 2.45) is 5.92 Å². The van der Waals surface area contributed by atoms with Crippen molar-refractivity contribution in [2.75, 3.05) is 0 Å². The molecule has 1 aliphatic rings. The van der Waals surface area contributed by atoms with Gasteiger partial charge in [0.2, 0.25) is 0 Å². The Kier molecular flexibility index (Phi) is 4.33. The molecule has 1 rings (SSSR count). The summed E-state index contributed by atoms with van der Waals surface area (Å²) in [6.45, 7) is 2.20. The van der Waals surface area contributed by atoms with E-state index >= 15 is 0 Å². The van der Waals surface area contributed by atoms with Crippen molar-refractivity contribution in [3.8, 4) is 0 Å². The summed E-state index contributed by atoms with van der Waals surface area (Å²) < 4.78 is 0. The lowest BCUT2D eigenvalue weighted by atomic mass is 9.94. The highest BCUT2D eigenvalue weighted by atomic mass is 14.1.